The normalized spacial score (nSPS) is 12.6. The number of rotatable bonds is 11. The zero-order chi connectivity index (χ0) is 33.3. The number of aryl methyl sites for hydroxylation is 3. The summed E-state index contributed by atoms with van der Waals surface area (Å²) in [4.78, 5) is 36.5. The van der Waals surface area contributed by atoms with E-state index in [2.05, 4.69) is 19.8 Å². The lowest BCUT2D eigenvalue weighted by molar-refractivity contribution is -0.118. The van der Waals surface area contributed by atoms with Crippen molar-refractivity contribution < 1.29 is 26.4 Å². The summed E-state index contributed by atoms with van der Waals surface area (Å²) in [5, 5.41) is 10.9. The van der Waals surface area contributed by atoms with E-state index < -0.39 is 38.1 Å². The Labute approximate surface area is 260 Å². The van der Waals surface area contributed by atoms with Gasteiger partial charge in [0.2, 0.25) is 16.0 Å². The maximum atomic E-state index is 13.6. The molecule has 0 radical (unpaired) electrons. The van der Waals surface area contributed by atoms with Crippen molar-refractivity contribution in [1.29, 1.82) is 0 Å². The number of nitrogens with two attached hydrogens (primary N) is 2. The third kappa shape index (κ3) is 7.43. The van der Waals surface area contributed by atoms with Crippen LogP contribution in [-0.2, 0) is 32.1 Å². The lowest BCUT2D eigenvalue weighted by Gasteiger charge is -2.25. The van der Waals surface area contributed by atoms with Crippen LogP contribution in [0.15, 0.2) is 53.6 Å². The zero-order valence-electron chi connectivity index (χ0n) is 25.2. The number of anilines is 4. The smallest absolute Gasteiger partial charge is 0.330 e. The van der Waals surface area contributed by atoms with E-state index in [9.17, 15) is 26.4 Å². The molecule has 2 aromatic carbocycles. The molecule has 0 spiro atoms. The molecule has 2 aromatic heterocycles. The van der Waals surface area contributed by atoms with Gasteiger partial charge in [0.1, 0.15) is 11.6 Å². The van der Waals surface area contributed by atoms with Gasteiger partial charge in [-0.3, -0.25) is 9.48 Å². The van der Waals surface area contributed by atoms with Crippen LogP contribution in [0.25, 0.3) is 10.9 Å². The second-order valence-electron chi connectivity index (χ2n) is 10.3. The van der Waals surface area contributed by atoms with Gasteiger partial charge in [-0.05, 0) is 75.7 Å². The van der Waals surface area contributed by atoms with E-state index in [1.165, 1.54) is 32.2 Å². The lowest BCUT2D eigenvalue weighted by atomic mass is 10.1. The first-order valence-electron chi connectivity index (χ1n) is 13.5. The summed E-state index contributed by atoms with van der Waals surface area (Å²) < 4.78 is 56.2. The number of sulfonamides is 1. The van der Waals surface area contributed by atoms with Crippen molar-refractivity contribution in [3.05, 3.63) is 59.9 Å². The van der Waals surface area contributed by atoms with Crippen molar-refractivity contribution in [3.63, 3.8) is 0 Å². The predicted molar refractivity (Wildman–Crippen MR) is 169 cm³/mol. The molecular weight excluding hydrogens is 624 g/mol. The number of primary sulfonamides is 1. The first kappa shape index (κ1) is 33.4. The monoisotopic (exact) mass is 658 g/mol. The summed E-state index contributed by atoms with van der Waals surface area (Å²) in [5.74, 6) is -0.496. The molecule has 0 bridgehead atoms. The van der Waals surface area contributed by atoms with Gasteiger partial charge in [-0.1, -0.05) is 6.07 Å². The first-order valence-corrected chi connectivity index (χ1v) is 16.5. The van der Waals surface area contributed by atoms with Crippen molar-refractivity contribution in [3.8, 4) is 0 Å². The van der Waals surface area contributed by atoms with E-state index in [1.54, 1.807) is 22.7 Å². The number of amides is 2. The maximum absolute atomic E-state index is 13.6. The highest BCUT2D eigenvalue weighted by Gasteiger charge is 2.29. The van der Waals surface area contributed by atoms with E-state index in [1.807, 2.05) is 36.9 Å². The Morgan fingerprint density at radius 2 is 1.73 bits per heavy atom. The SMILES string of the molecule is CC(=O)[C@H](CCN)NS(=O)(=O)NC(=O)N(c1ccc(C)c(S(N)(=O)=O)c1)c1nccc(N(C)c2ccc3c(C)n(C)nc3c2)n1. The Kier molecular flexibility index (Phi) is 9.54. The minimum absolute atomic E-state index is 0.00751. The number of nitrogens with one attached hydrogen (secondary N) is 2. The van der Waals surface area contributed by atoms with Gasteiger partial charge in [-0.2, -0.15) is 23.2 Å². The number of carbonyl (C=O) groups is 2. The molecule has 16 nitrogen and oxygen atoms in total. The largest absolute Gasteiger partial charge is 0.343 e. The van der Waals surface area contributed by atoms with Crippen LogP contribution in [-0.4, -0.2) is 68.0 Å². The predicted octanol–water partition coefficient (Wildman–Crippen LogP) is 1.38. The van der Waals surface area contributed by atoms with Crippen molar-refractivity contribution in [1.82, 2.24) is 29.2 Å². The van der Waals surface area contributed by atoms with Crippen molar-refractivity contribution in [2.75, 3.05) is 23.4 Å². The Hall–Kier alpha value is -4.49. The molecule has 4 aromatic rings. The molecule has 0 saturated heterocycles. The van der Waals surface area contributed by atoms with E-state index in [-0.39, 0.29) is 35.1 Å². The van der Waals surface area contributed by atoms with Gasteiger partial charge in [0.05, 0.1) is 22.1 Å². The molecule has 0 fully saturated rings. The number of nitrogens with zero attached hydrogens (tertiary/aromatic N) is 6. The summed E-state index contributed by atoms with van der Waals surface area (Å²) in [6.07, 6.45) is 1.34. The number of aromatic nitrogens is 4. The molecule has 1 atom stereocenters. The van der Waals surface area contributed by atoms with Crippen molar-refractivity contribution >= 4 is 66.1 Å². The fraction of sp³-hybridized carbons (Fsp3) is 0.296. The molecule has 240 valence electrons. The molecule has 4 rings (SSSR count). The second kappa shape index (κ2) is 12.9. The molecule has 0 aliphatic rings. The summed E-state index contributed by atoms with van der Waals surface area (Å²) in [6.45, 7) is 4.65. The highest BCUT2D eigenvalue weighted by atomic mass is 32.2. The lowest BCUT2D eigenvalue weighted by Crippen LogP contribution is -2.51. The summed E-state index contributed by atoms with van der Waals surface area (Å²) in [7, 11) is -5.30. The van der Waals surface area contributed by atoms with Gasteiger partial charge in [0, 0.05) is 37.1 Å². The van der Waals surface area contributed by atoms with Gasteiger partial charge in [-0.15, -0.1) is 0 Å². The average molecular weight is 659 g/mol. The topological polar surface area (TPSA) is 229 Å². The van der Waals surface area contributed by atoms with Gasteiger partial charge in [0.15, 0.2) is 0 Å². The Morgan fingerprint density at radius 1 is 1.04 bits per heavy atom. The van der Waals surface area contributed by atoms with Crippen LogP contribution in [0.4, 0.5) is 27.9 Å². The van der Waals surface area contributed by atoms with Gasteiger partial charge >= 0.3 is 16.2 Å². The van der Waals surface area contributed by atoms with E-state index in [0.717, 1.165) is 27.6 Å². The summed E-state index contributed by atoms with van der Waals surface area (Å²) >= 11 is 0. The molecular formula is C27H34N10O6S2. The van der Waals surface area contributed by atoms with E-state index in [0.29, 0.717) is 11.5 Å². The third-order valence-corrected chi connectivity index (χ3v) is 9.17. The molecule has 2 amide bonds. The van der Waals surface area contributed by atoms with Crippen LogP contribution in [0.3, 0.4) is 0 Å². The number of ketones is 1. The van der Waals surface area contributed by atoms with Gasteiger partial charge in [-0.25, -0.2) is 33.0 Å². The standard InChI is InChI=1S/C27H34N10O6S2/c1-16-6-7-20(15-24(16)44(29,40)41)37(27(39)34-45(42,43)33-22(10-12-28)18(3)38)26-30-13-11-25(31-26)35(4)19-8-9-21-17(2)36(5)32-23(21)14-19/h6-9,11,13-15,22,33H,10,12,28H2,1-5H3,(H,34,39)(H2,29,40,41)/t22-/m0/s1. The number of urea groups is 1. The minimum atomic E-state index is -4.63. The van der Waals surface area contributed by atoms with E-state index in [4.69, 9.17) is 10.9 Å². The Bertz CT molecular complexity index is 2000. The number of carbonyl (C=O) groups excluding carboxylic acids is 2. The van der Waals surface area contributed by atoms with Crippen LogP contribution in [0.2, 0.25) is 0 Å². The Balaban J connectivity index is 1.78. The van der Waals surface area contributed by atoms with Crippen LogP contribution < -0.4 is 30.1 Å². The second-order valence-corrected chi connectivity index (χ2v) is 13.3. The molecule has 0 unspecified atom stereocenters. The molecule has 0 saturated carbocycles. The molecule has 2 heterocycles. The first-order chi connectivity index (χ1) is 21.0. The number of Topliss-reactive ketones (excluding diaryl/α,β-unsaturated/α-hetero) is 1. The fourth-order valence-corrected chi connectivity index (χ4v) is 6.38. The highest BCUT2D eigenvalue weighted by molar-refractivity contribution is 7.89. The number of hydrogen-bond acceptors (Lipinski definition) is 11. The van der Waals surface area contributed by atoms with Crippen molar-refractivity contribution in [2.45, 2.75) is 38.1 Å². The molecule has 0 aliphatic heterocycles. The summed E-state index contributed by atoms with van der Waals surface area (Å²) in [6, 6.07) is 8.65. The molecule has 0 aliphatic carbocycles. The van der Waals surface area contributed by atoms with Crippen molar-refractivity contribution in [2.24, 2.45) is 17.9 Å². The van der Waals surface area contributed by atoms with Crippen LogP contribution in [0.5, 0.6) is 0 Å². The van der Waals surface area contributed by atoms with Gasteiger partial charge in [0.25, 0.3) is 0 Å². The van der Waals surface area contributed by atoms with Gasteiger partial charge < -0.3 is 10.6 Å². The molecule has 45 heavy (non-hydrogen) atoms. The number of fused-ring (bicyclic) bond motifs is 1. The minimum Gasteiger partial charge on any atom is -0.330 e. The maximum Gasteiger partial charge on any atom is 0.343 e. The molecule has 18 heteroatoms. The average Bonchev–Trinajstić information content (AvgIpc) is 3.24. The Morgan fingerprint density at radius 3 is 2.38 bits per heavy atom. The summed E-state index contributed by atoms with van der Waals surface area (Å²) in [5.41, 5.74) is 8.13. The fourth-order valence-electron chi connectivity index (χ4n) is 4.54. The van der Waals surface area contributed by atoms with E-state index >= 15 is 0 Å². The third-order valence-electron chi connectivity index (χ3n) is 7.08. The number of benzene rings is 2. The van der Waals surface area contributed by atoms with Crippen LogP contribution >= 0.6 is 0 Å². The zero-order valence-corrected chi connectivity index (χ0v) is 26.8. The van der Waals surface area contributed by atoms with Crippen LogP contribution in [0, 0.1) is 13.8 Å². The highest BCUT2D eigenvalue weighted by Crippen LogP contribution is 2.31. The van der Waals surface area contributed by atoms with Crippen LogP contribution in [0.1, 0.15) is 24.6 Å². The number of hydrogen-bond donors (Lipinski definition) is 4. The molecule has 6 N–H and O–H groups in total. The quantitative estimate of drug-likeness (QED) is 0.180.